The summed E-state index contributed by atoms with van der Waals surface area (Å²) in [6.45, 7) is 0.400. The summed E-state index contributed by atoms with van der Waals surface area (Å²) in [7, 11) is -3.55. The van der Waals surface area contributed by atoms with Crippen molar-refractivity contribution < 1.29 is 23.1 Å². The third-order valence-corrected chi connectivity index (χ3v) is 4.32. The Morgan fingerprint density at radius 2 is 2.04 bits per heavy atom. The molecule has 0 radical (unpaired) electrons. The van der Waals surface area contributed by atoms with E-state index < -0.39 is 34.2 Å². The van der Waals surface area contributed by atoms with Crippen molar-refractivity contribution in [3.63, 3.8) is 0 Å². The minimum atomic E-state index is -3.55. The highest BCUT2D eigenvalue weighted by molar-refractivity contribution is 7.92. The van der Waals surface area contributed by atoms with E-state index in [1.54, 1.807) is 0 Å². The number of carboxylic acid groups (broad SMARTS) is 1. The van der Waals surface area contributed by atoms with Gasteiger partial charge in [0.25, 0.3) is 5.91 Å². The summed E-state index contributed by atoms with van der Waals surface area (Å²) in [4.78, 5) is 23.6. The Bertz CT molecular complexity index is 673. The molecule has 0 saturated carbocycles. The number of aliphatic carboxylic acids is 1. The maximum atomic E-state index is 12.2. The molecular weight excluding hydrogens is 358 g/mol. The minimum absolute atomic E-state index is 0.0915. The smallest absolute Gasteiger partial charge is 0.326 e. The third-order valence-electron chi connectivity index (χ3n) is 2.82. The summed E-state index contributed by atoms with van der Waals surface area (Å²) >= 11 is 1.01. The lowest BCUT2D eigenvalue weighted by Gasteiger charge is -2.15. The largest absolute Gasteiger partial charge is 0.480 e. The van der Waals surface area contributed by atoms with Crippen LogP contribution in [-0.2, 0) is 14.8 Å². The maximum absolute atomic E-state index is 12.2. The van der Waals surface area contributed by atoms with E-state index >= 15 is 0 Å². The van der Waals surface area contributed by atoms with Crippen LogP contribution < -0.4 is 26.8 Å². The van der Waals surface area contributed by atoms with Crippen molar-refractivity contribution in [1.82, 2.24) is 10.6 Å². The highest BCUT2D eigenvalue weighted by Gasteiger charge is 2.23. The van der Waals surface area contributed by atoms with Gasteiger partial charge in [0.15, 0.2) is 0 Å². The highest BCUT2D eigenvalue weighted by Crippen LogP contribution is 2.23. The zero-order valence-electron chi connectivity index (χ0n) is 13.0. The summed E-state index contributed by atoms with van der Waals surface area (Å²) in [5.74, 6) is -1.85. The van der Waals surface area contributed by atoms with Gasteiger partial charge >= 0.3 is 5.97 Å². The summed E-state index contributed by atoms with van der Waals surface area (Å²) in [5, 5.41) is 15.8. The molecule has 1 aromatic heterocycles. The first-order valence-corrected chi connectivity index (χ1v) is 9.70. The number of anilines is 1. The number of hydrogen-bond donors (Lipinski definition) is 6. The predicted molar refractivity (Wildman–Crippen MR) is 91.1 cm³/mol. The molecule has 1 aromatic rings. The Hall–Kier alpha value is -1.73. The molecule has 0 bridgehead atoms. The van der Waals surface area contributed by atoms with Crippen LogP contribution in [0.3, 0.4) is 0 Å². The zero-order valence-corrected chi connectivity index (χ0v) is 14.6. The van der Waals surface area contributed by atoms with Crippen molar-refractivity contribution in [3.8, 4) is 0 Å². The molecular formula is C12H21N5O5S2. The third kappa shape index (κ3) is 7.23. The van der Waals surface area contributed by atoms with Gasteiger partial charge in [0.2, 0.25) is 10.0 Å². The monoisotopic (exact) mass is 379 g/mol. The lowest BCUT2D eigenvalue weighted by molar-refractivity contribution is -0.139. The molecule has 136 valence electrons. The fourth-order valence-electron chi connectivity index (χ4n) is 1.82. The van der Waals surface area contributed by atoms with Crippen molar-refractivity contribution in [3.05, 3.63) is 16.3 Å². The number of carboxylic acids is 1. The Morgan fingerprint density at radius 1 is 1.38 bits per heavy atom. The first-order chi connectivity index (χ1) is 11.1. The summed E-state index contributed by atoms with van der Waals surface area (Å²) < 4.78 is 24.8. The van der Waals surface area contributed by atoms with Crippen LogP contribution >= 0.6 is 11.3 Å². The minimum Gasteiger partial charge on any atom is -0.480 e. The second-order valence-electron chi connectivity index (χ2n) is 5.02. The number of rotatable bonds is 10. The van der Waals surface area contributed by atoms with Gasteiger partial charge in [-0.25, -0.2) is 13.2 Å². The van der Waals surface area contributed by atoms with E-state index in [0.717, 1.165) is 17.6 Å². The number of amides is 1. The highest BCUT2D eigenvalue weighted by atomic mass is 32.2. The van der Waals surface area contributed by atoms with E-state index in [2.05, 4.69) is 15.4 Å². The fourth-order valence-corrected chi connectivity index (χ4v) is 3.21. The van der Waals surface area contributed by atoms with E-state index in [9.17, 15) is 23.1 Å². The van der Waals surface area contributed by atoms with Crippen molar-refractivity contribution in [2.24, 2.45) is 11.5 Å². The standard InChI is InChI=1S/C12H21N5O5S2/c1-24(21,22)17-7-4-6-23-9(7)10(18)16-8(11(19)20)3-2-5-15-12(13)14/h4,6,8,12,15,17H,2-3,5,13-14H2,1H3,(H,16,18)(H,19,20)/t8-/m0/s1. The molecule has 12 heteroatoms. The second-order valence-corrected chi connectivity index (χ2v) is 7.69. The molecule has 8 N–H and O–H groups in total. The maximum Gasteiger partial charge on any atom is 0.326 e. The van der Waals surface area contributed by atoms with Gasteiger partial charge in [-0.1, -0.05) is 0 Å². The molecule has 1 rings (SSSR count). The second kappa shape index (κ2) is 8.94. The average Bonchev–Trinajstić information content (AvgIpc) is 2.87. The quantitative estimate of drug-likeness (QED) is 0.218. The number of nitrogens with one attached hydrogen (secondary N) is 3. The Morgan fingerprint density at radius 3 is 2.58 bits per heavy atom. The molecule has 0 fully saturated rings. The van der Waals surface area contributed by atoms with Crippen LogP contribution in [-0.4, -0.2) is 50.5 Å². The number of sulfonamides is 1. The summed E-state index contributed by atoms with van der Waals surface area (Å²) in [6, 6.07) is 0.324. The number of thiophene rings is 1. The van der Waals surface area contributed by atoms with Gasteiger partial charge in [-0.2, -0.15) is 0 Å². The lowest BCUT2D eigenvalue weighted by Crippen LogP contribution is -2.46. The first kappa shape index (κ1) is 20.3. The SMILES string of the molecule is CS(=O)(=O)Nc1ccsc1C(=O)N[C@@H](CCCNC(N)N)C(=O)O. The van der Waals surface area contributed by atoms with Crippen LogP contribution in [0.15, 0.2) is 11.4 Å². The Labute approximate surface area is 143 Å². The molecule has 0 aliphatic rings. The van der Waals surface area contributed by atoms with Gasteiger partial charge in [0.05, 0.1) is 11.9 Å². The van der Waals surface area contributed by atoms with Gasteiger partial charge in [-0.3, -0.25) is 14.8 Å². The molecule has 24 heavy (non-hydrogen) atoms. The van der Waals surface area contributed by atoms with Crippen LogP contribution in [0, 0.1) is 0 Å². The lowest BCUT2D eigenvalue weighted by atomic mass is 10.1. The normalized spacial score (nSPS) is 12.8. The molecule has 0 aromatic carbocycles. The molecule has 0 aliphatic carbocycles. The Balaban J connectivity index is 2.69. The van der Waals surface area contributed by atoms with Gasteiger partial charge in [-0.15, -0.1) is 11.3 Å². The van der Waals surface area contributed by atoms with Crippen molar-refractivity contribution in [2.75, 3.05) is 17.5 Å². The van der Waals surface area contributed by atoms with Crippen molar-refractivity contribution in [2.45, 2.75) is 25.2 Å². The molecule has 1 amide bonds. The van der Waals surface area contributed by atoms with E-state index in [-0.39, 0.29) is 17.0 Å². The van der Waals surface area contributed by atoms with E-state index in [1.807, 2.05) is 0 Å². The van der Waals surface area contributed by atoms with E-state index in [0.29, 0.717) is 13.0 Å². The van der Waals surface area contributed by atoms with Crippen LogP contribution in [0.1, 0.15) is 22.5 Å². The number of carbonyl (C=O) groups is 2. The van der Waals surface area contributed by atoms with Gasteiger partial charge < -0.3 is 21.9 Å². The predicted octanol–water partition coefficient (Wildman–Crippen LogP) is -1.13. The van der Waals surface area contributed by atoms with Crippen molar-refractivity contribution in [1.29, 1.82) is 0 Å². The topological polar surface area (TPSA) is 177 Å². The number of hydrogen-bond acceptors (Lipinski definition) is 8. The van der Waals surface area contributed by atoms with Crippen LogP contribution in [0.2, 0.25) is 0 Å². The zero-order chi connectivity index (χ0) is 18.3. The van der Waals surface area contributed by atoms with E-state index in [4.69, 9.17) is 11.5 Å². The van der Waals surface area contributed by atoms with Crippen LogP contribution in [0.4, 0.5) is 5.69 Å². The van der Waals surface area contributed by atoms with Gasteiger partial charge in [0, 0.05) is 0 Å². The van der Waals surface area contributed by atoms with Gasteiger partial charge in [0.1, 0.15) is 17.2 Å². The molecule has 0 spiro atoms. The summed E-state index contributed by atoms with van der Waals surface area (Å²) in [5.41, 5.74) is 10.7. The number of nitrogens with two attached hydrogens (primary N) is 2. The van der Waals surface area contributed by atoms with E-state index in [1.165, 1.54) is 11.4 Å². The molecule has 10 nitrogen and oxygen atoms in total. The fraction of sp³-hybridized carbons (Fsp3) is 0.500. The molecule has 1 heterocycles. The van der Waals surface area contributed by atoms with Gasteiger partial charge in [-0.05, 0) is 30.8 Å². The number of carbonyl (C=O) groups excluding carboxylic acids is 1. The molecule has 1 atom stereocenters. The molecule has 0 unspecified atom stereocenters. The summed E-state index contributed by atoms with van der Waals surface area (Å²) in [6.07, 6.45) is 0.863. The molecule has 0 aliphatic heterocycles. The molecule has 0 saturated heterocycles. The average molecular weight is 379 g/mol. The van der Waals surface area contributed by atoms with Crippen molar-refractivity contribution >= 4 is 38.9 Å². The van der Waals surface area contributed by atoms with Crippen LogP contribution in [0.5, 0.6) is 0 Å². The first-order valence-electron chi connectivity index (χ1n) is 6.93. The Kier molecular flexibility index (Phi) is 7.57. The van der Waals surface area contributed by atoms with Crippen LogP contribution in [0.25, 0.3) is 0 Å².